The lowest BCUT2D eigenvalue weighted by Gasteiger charge is -2.39. The Hall–Kier alpha value is -2.97. The van der Waals surface area contributed by atoms with Gasteiger partial charge >= 0.3 is 0 Å². The number of rotatable bonds is 7. The number of carbonyl (C=O) groups is 1. The summed E-state index contributed by atoms with van der Waals surface area (Å²) in [4.78, 5) is 23.2. The van der Waals surface area contributed by atoms with Gasteiger partial charge in [0.2, 0.25) is 11.9 Å². The molecule has 0 unspecified atom stereocenters. The smallest absolute Gasteiger partial charge is 0.228 e. The minimum absolute atomic E-state index is 0.105. The van der Waals surface area contributed by atoms with Crippen molar-refractivity contribution in [2.75, 3.05) is 26.4 Å². The van der Waals surface area contributed by atoms with Crippen LogP contribution in [-0.2, 0) is 11.2 Å². The summed E-state index contributed by atoms with van der Waals surface area (Å²) in [6, 6.07) is 2.85. The van der Waals surface area contributed by atoms with Gasteiger partial charge in [-0.2, -0.15) is 4.52 Å². The lowest BCUT2D eigenvalue weighted by molar-refractivity contribution is -0.144. The number of nitrogens with zero attached hydrogens (tertiary/aromatic N) is 5. The molecule has 1 aliphatic rings. The van der Waals surface area contributed by atoms with Gasteiger partial charge in [-0.15, -0.1) is 5.10 Å². The Bertz CT molecular complexity index is 1110. The molecule has 9 heteroatoms. The van der Waals surface area contributed by atoms with Gasteiger partial charge in [-0.05, 0) is 31.7 Å². The van der Waals surface area contributed by atoms with Crippen molar-refractivity contribution in [2.24, 2.45) is 5.41 Å². The van der Waals surface area contributed by atoms with Crippen LogP contribution in [0, 0.1) is 11.2 Å². The standard InChI is InChI=1S/C21H27FN6O2/c1-21(8-6-9-21)19(29)27(2)10-5-4-7-17-25-18-13-11-14(22)16(30-3)12-15(13)24-20(23)28(18)26-17/h11-12H,4-10H2,1-3H3,(H2,23,24). The quantitative estimate of drug-likeness (QED) is 0.597. The zero-order chi connectivity index (χ0) is 21.5. The molecule has 0 bridgehead atoms. The molecular formula is C21H27FN6O2. The Kier molecular flexibility index (Phi) is 5.21. The number of aromatic nitrogens is 4. The Morgan fingerprint density at radius 2 is 2.10 bits per heavy atom. The zero-order valence-corrected chi connectivity index (χ0v) is 17.6. The molecule has 1 aromatic carbocycles. The van der Waals surface area contributed by atoms with E-state index in [9.17, 15) is 9.18 Å². The van der Waals surface area contributed by atoms with Crippen LogP contribution >= 0.6 is 0 Å². The molecule has 0 radical (unpaired) electrons. The fraction of sp³-hybridized carbons (Fsp3) is 0.524. The fourth-order valence-corrected chi connectivity index (χ4v) is 4.05. The van der Waals surface area contributed by atoms with Crippen molar-refractivity contribution in [1.29, 1.82) is 0 Å². The number of unbranched alkanes of at least 4 members (excludes halogenated alkanes) is 1. The average Bonchev–Trinajstić information content (AvgIpc) is 3.14. The molecule has 1 aliphatic carbocycles. The number of hydrogen-bond acceptors (Lipinski definition) is 6. The number of methoxy groups -OCH3 is 1. The molecule has 2 heterocycles. The molecule has 1 fully saturated rings. The minimum Gasteiger partial charge on any atom is -0.494 e. The van der Waals surface area contributed by atoms with Crippen molar-refractivity contribution in [2.45, 2.75) is 45.4 Å². The van der Waals surface area contributed by atoms with Crippen LogP contribution in [0.3, 0.4) is 0 Å². The Labute approximate surface area is 174 Å². The summed E-state index contributed by atoms with van der Waals surface area (Å²) in [5.41, 5.74) is 6.83. The summed E-state index contributed by atoms with van der Waals surface area (Å²) in [5.74, 6) is 0.655. The second-order valence-corrected chi connectivity index (χ2v) is 8.34. The third-order valence-corrected chi connectivity index (χ3v) is 6.08. The molecule has 2 aromatic heterocycles. The molecule has 0 atom stereocenters. The number of nitrogen functional groups attached to an aromatic ring is 1. The molecule has 2 N–H and O–H groups in total. The summed E-state index contributed by atoms with van der Waals surface area (Å²) in [6.07, 6.45) is 5.43. The van der Waals surface area contributed by atoms with E-state index in [1.54, 1.807) is 0 Å². The Balaban J connectivity index is 1.45. The largest absolute Gasteiger partial charge is 0.494 e. The molecule has 1 amide bonds. The maximum Gasteiger partial charge on any atom is 0.228 e. The van der Waals surface area contributed by atoms with Crippen molar-refractivity contribution in [3.63, 3.8) is 0 Å². The van der Waals surface area contributed by atoms with Gasteiger partial charge < -0.3 is 15.4 Å². The van der Waals surface area contributed by atoms with E-state index in [2.05, 4.69) is 22.0 Å². The van der Waals surface area contributed by atoms with Crippen LogP contribution < -0.4 is 10.5 Å². The van der Waals surface area contributed by atoms with Crippen molar-refractivity contribution < 1.29 is 13.9 Å². The summed E-state index contributed by atoms with van der Waals surface area (Å²) in [6.45, 7) is 2.76. The first-order valence-corrected chi connectivity index (χ1v) is 10.3. The number of hydrogen-bond donors (Lipinski definition) is 1. The molecule has 30 heavy (non-hydrogen) atoms. The zero-order valence-electron chi connectivity index (χ0n) is 17.6. The van der Waals surface area contributed by atoms with Crippen LogP contribution in [0.15, 0.2) is 12.1 Å². The van der Waals surface area contributed by atoms with Crippen LogP contribution in [0.5, 0.6) is 5.75 Å². The molecule has 8 nitrogen and oxygen atoms in total. The van der Waals surface area contributed by atoms with Crippen molar-refractivity contribution in [3.05, 3.63) is 23.8 Å². The van der Waals surface area contributed by atoms with E-state index in [1.165, 1.54) is 23.8 Å². The van der Waals surface area contributed by atoms with Gasteiger partial charge in [0.05, 0.1) is 12.6 Å². The van der Waals surface area contributed by atoms with Gasteiger partial charge in [-0.3, -0.25) is 4.79 Å². The van der Waals surface area contributed by atoms with Crippen molar-refractivity contribution in [3.8, 4) is 5.75 Å². The van der Waals surface area contributed by atoms with Gasteiger partial charge in [0.15, 0.2) is 23.0 Å². The third kappa shape index (κ3) is 3.53. The number of ether oxygens (including phenoxy) is 1. The fourth-order valence-electron chi connectivity index (χ4n) is 4.05. The first-order chi connectivity index (χ1) is 14.3. The number of aryl methyl sites for hydroxylation is 1. The third-order valence-electron chi connectivity index (χ3n) is 6.08. The molecule has 4 rings (SSSR count). The molecule has 0 saturated heterocycles. The van der Waals surface area contributed by atoms with E-state index in [1.807, 2.05) is 11.9 Å². The predicted octanol–water partition coefficient (Wildman–Crippen LogP) is 2.98. The highest BCUT2D eigenvalue weighted by molar-refractivity contribution is 5.93. The molecular weight excluding hydrogens is 387 g/mol. The van der Waals surface area contributed by atoms with E-state index >= 15 is 0 Å². The maximum absolute atomic E-state index is 14.2. The van der Waals surface area contributed by atoms with E-state index in [-0.39, 0.29) is 23.0 Å². The number of benzene rings is 1. The molecule has 0 spiro atoms. The topological polar surface area (TPSA) is 98.6 Å². The van der Waals surface area contributed by atoms with Crippen LogP contribution in [0.4, 0.5) is 10.3 Å². The van der Waals surface area contributed by atoms with E-state index < -0.39 is 5.82 Å². The SMILES string of the molecule is COc1cc2nc(N)n3nc(CCCCN(C)C(=O)C4(C)CCC4)nc3c2cc1F. The van der Waals surface area contributed by atoms with Gasteiger partial charge in [-0.1, -0.05) is 13.3 Å². The molecule has 1 saturated carbocycles. The number of anilines is 1. The maximum atomic E-state index is 14.2. The van der Waals surface area contributed by atoms with Crippen molar-refractivity contribution >= 4 is 28.4 Å². The minimum atomic E-state index is -0.490. The highest BCUT2D eigenvalue weighted by Crippen LogP contribution is 2.41. The highest BCUT2D eigenvalue weighted by Gasteiger charge is 2.40. The first kappa shape index (κ1) is 20.3. The van der Waals surface area contributed by atoms with E-state index in [4.69, 9.17) is 10.5 Å². The van der Waals surface area contributed by atoms with Crippen LogP contribution in [0.2, 0.25) is 0 Å². The van der Waals surface area contributed by atoms with Crippen molar-refractivity contribution in [1.82, 2.24) is 24.5 Å². The summed E-state index contributed by atoms with van der Waals surface area (Å²) in [5, 5.41) is 4.96. The second-order valence-electron chi connectivity index (χ2n) is 8.34. The summed E-state index contributed by atoms with van der Waals surface area (Å²) in [7, 11) is 3.27. The molecule has 0 aliphatic heterocycles. The number of nitrogens with two attached hydrogens (primary N) is 1. The summed E-state index contributed by atoms with van der Waals surface area (Å²) >= 11 is 0. The Morgan fingerprint density at radius 1 is 1.33 bits per heavy atom. The van der Waals surface area contributed by atoms with Gasteiger partial charge in [-0.25, -0.2) is 14.4 Å². The predicted molar refractivity (Wildman–Crippen MR) is 112 cm³/mol. The number of carbonyl (C=O) groups excluding carboxylic acids is 1. The number of fused-ring (bicyclic) bond motifs is 3. The highest BCUT2D eigenvalue weighted by atomic mass is 19.1. The number of halogens is 1. The van der Waals surface area contributed by atoms with Gasteiger partial charge in [0.1, 0.15) is 0 Å². The lowest BCUT2D eigenvalue weighted by Crippen LogP contribution is -2.44. The average molecular weight is 414 g/mol. The molecule has 160 valence electrons. The van der Waals surface area contributed by atoms with E-state index in [0.717, 1.165) is 32.1 Å². The first-order valence-electron chi connectivity index (χ1n) is 10.3. The Morgan fingerprint density at radius 3 is 2.77 bits per heavy atom. The van der Waals surface area contributed by atoms with E-state index in [0.29, 0.717) is 35.3 Å². The normalized spacial score (nSPS) is 15.3. The van der Waals surface area contributed by atoms with Gasteiger partial charge in [0, 0.05) is 36.9 Å². The van der Waals surface area contributed by atoms with Crippen LogP contribution in [0.25, 0.3) is 16.6 Å². The lowest BCUT2D eigenvalue weighted by atomic mass is 9.69. The monoisotopic (exact) mass is 414 g/mol. The number of amides is 1. The molecule has 3 aromatic rings. The van der Waals surface area contributed by atoms with Crippen LogP contribution in [0.1, 0.15) is 44.9 Å². The van der Waals surface area contributed by atoms with Gasteiger partial charge in [0.25, 0.3) is 0 Å². The summed E-state index contributed by atoms with van der Waals surface area (Å²) < 4.78 is 20.6. The second kappa shape index (κ2) is 7.70. The van der Waals surface area contributed by atoms with Crippen LogP contribution in [-0.4, -0.2) is 51.1 Å².